The Labute approximate surface area is 220 Å². The first-order valence-electron chi connectivity index (χ1n) is 12.0. The van der Waals surface area contributed by atoms with E-state index in [-0.39, 0.29) is 11.8 Å². The molecule has 0 radical (unpaired) electrons. The Morgan fingerprint density at radius 3 is 2.19 bits per heavy atom. The van der Waals surface area contributed by atoms with E-state index >= 15 is 0 Å². The standard InChI is InChI=1S/C32H26N2O2S/c1-22-9-7-14-26(19-22)31(35)33-27-15-8-16-29(21-27)37-30(24-11-3-2-4-12-24)32(36)34-28-18-17-23-10-5-6-13-25(23)20-28/h2-21,30H,1H3,(H,33,35)(H,34,36). The number of carbonyl (C=O) groups is 2. The predicted molar refractivity (Wildman–Crippen MR) is 153 cm³/mol. The Morgan fingerprint density at radius 2 is 1.38 bits per heavy atom. The van der Waals surface area contributed by atoms with Crippen molar-refractivity contribution in [1.29, 1.82) is 0 Å². The second-order valence-electron chi connectivity index (χ2n) is 8.81. The van der Waals surface area contributed by atoms with Crippen LogP contribution < -0.4 is 10.6 Å². The molecule has 182 valence electrons. The Bertz CT molecular complexity index is 1570. The van der Waals surface area contributed by atoms with Crippen molar-refractivity contribution < 1.29 is 9.59 Å². The number of thioether (sulfide) groups is 1. The highest BCUT2D eigenvalue weighted by Crippen LogP contribution is 2.37. The van der Waals surface area contributed by atoms with Gasteiger partial charge in [-0.05, 0) is 65.7 Å². The largest absolute Gasteiger partial charge is 0.325 e. The Kier molecular flexibility index (Phi) is 7.33. The summed E-state index contributed by atoms with van der Waals surface area (Å²) in [4.78, 5) is 27.2. The summed E-state index contributed by atoms with van der Waals surface area (Å²) >= 11 is 1.45. The summed E-state index contributed by atoms with van der Waals surface area (Å²) < 4.78 is 0. The lowest BCUT2D eigenvalue weighted by Crippen LogP contribution is -2.19. The van der Waals surface area contributed by atoms with Crippen molar-refractivity contribution in [3.8, 4) is 0 Å². The molecule has 0 aromatic heterocycles. The molecular weight excluding hydrogens is 476 g/mol. The van der Waals surface area contributed by atoms with Crippen LogP contribution in [0.3, 0.4) is 0 Å². The first-order valence-corrected chi connectivity index (χ1v) is 12.9. The molecule has 0 aliphatic carbocycles. The minimum atomic E-state index is -0.476. The molecule has 5 rings (SSSR count). The van der Waals surface area contributed by atoms with Gasteiger partial charge >= 0.3 is 0 Å². The number of fused-ring (bicyclic) bond motifs is 1. The number of hydrogen-bond acceptors (Lipinski definition) is 3. The van der Waals surface area contributed by atoms with Crippen LogP contribution in [0.4, 0.5) is 11.4 Å². The van der Waals surface area contributed by atoms with E-state index in [0.29, 0.717) is 11.3 Å². The average Bonchev–Trinajstić information content (AvgIpc) is 2.92. The van der Waals surface area contributed by atoms with Crippen molar-refractivity contribution in [1.82, 2.24) is 0 Å². The van der Waals surface area contributed by atoms with Gasteiger partial charge < -0.3 is 10.6 Å². The summed E-state index contributed by atoms with van der Waals surface area (Å²) in [5, 5.41) is 7.79. The molecule has 0 aliphatic rings. The Hall–Kier alpha value is -4.35. The monoisotopic (exact) mass is 502 g/mol. The quantitative estimate of drug-likeness (QED) is 0.223. The number of anilines is 2. The van der Waals surface area contributed by atoms with Gasteiger partial charge in [0.05, 0.1) is 0 Å². The second kappa shape index (κ2) is 11.1. The van der Waals surface area contributed by atoms with Crippen LogP contribution in [0.25, 0.3) is 10.8 Å². The number of hydrogen-bond donors (Lipinski definition) is 2. The molecule has 5 aromatic carbocycles. The molecule has 0 bridgehead atoms. The first-order chi connectivity index (χ1) is 18.0. The fourth-order valence-corrected chi connectivity index (χ4v) is 5.23. The zero-order valence-electron chi connectivity index (χ0n) is 20.3. The summed E-state index contributed by atoms with van der Waals surface area (Å²) in [6.45, 7) is 1.96. The highest BCUT2D eigenvalue weighted by Gasteiger charge is 2.22. The maximum absolute atomic E-state index is 13.5. The molecule has 1 atom stereocenters. The van der Waals surface area contributed by atoms with Crippen molar-refractivity contribution in [3.05, 3.63) is 138 Å². The van der Waals surface area contributed by atoms with Crippen LogP contribution in [0.2, 0.25) is 0 Å². The van der Waals surface area contributed by atoms with E-state index in [1.807, 2.05) is 122 Å². The maximum atomic E-state index is 13.5. The number of amides is 2. The normalized spacial score (nSPS) is 11.6. The van der Waals surface area contributed by atoms with Gasteiger partial charge in [0, 0.05) is 21.8 Å². The average molecular weight is 503 g/mol. The lowest BCUT2D eigenvalue weighted by molar-refractivity contribution is -0.115. The topological polar surface area (TPSA) is 58.2 Å². The molecule has 4 nitrogen and oxygen atoms in total. The number of rotatable bonds is 7. The Morgan fingerprint density at radius 1 is 0.649 bits per heavy atom. The molecule has 0 saturated carbocycles. The SMILES string of the molecule is Cc1cccc(C(=O)Nc2cccc(SC(C(=O)Nc3ccc4ccccc4c3)c3ccccc3)c2)c1. The summed E-state index contributed by atoms with van der Waals surface area (Å²) in [5.74, 6) is -0.278. The van der Waals surface area contributed by atoms with Crippen molar-refractivity contribution in [2.45, 2.75) is 17.1 Å². The van der Waals surface area contributed by atoms with Gasteiger partial charge in [-0.15, -0.1) is 11.8 Å². The van der Waals surface area contributed by atoms with Gasteiger partial charge in [-0.3, -0.25) is 9.59 Å². The van der Waals surface area contributed by atoms with Crippen molar-refractivity contribution in [3.63, 3.8) is 0 Å². The van der Waals surface area contributed by atoms with Crippen LogP contribution in [0.5, 0.6) is 0 Å². The van der Waals surface area contributed by atoms with E-state index in [1.54, 1.807) is 6.07 Å². The van der Waals surface area contributed by atoms with Gasteiger partial charge in [0.15, 0.2) is 0 Å². The molecular formula is C32H26N2O2S. The zero-order chi connectivity index (χ0) is 25.6. The van der Waals surface area contributed by atoms with E-state index < -0.39 is 5.25 Å². The third-order valence-corrected chi connectivity index (χ3v) is 7.23. The number of nitrogens with one attached hydrogen (secondary N) is 2. The molecule has 0 fully saturated rings. The highest BCUT2D eigenvalue weighted by molar-refractivity contribution is 8.00. The third kappa shape index (κ3) is 6.08. The summed E-state index contributed by atoms with van der Waals surface area (Å²) in [6, 6.07) is 38.8. The number of carbonyl (C=O) groups excluding carboxylic acids is 2. The molecule has 5 heteroatoms. The fraction of sp³-hybridized carbons (Fsp3) is 0.0625. The molecule has 2 N–H and O–H groups in total. The van der Waals surface area contributed by atoms with Gasteiger partial charge in [0.2, 0.25) is 5.91 Å². The molecule has 0 saturated heterocycles. The van der Waals surface area contributed by atoms with Gasteiger partial charge in [0.25, 0.3) is 5.91 Å². The lowest BCUT2D eigenvalue weighted by atomic mass is 10.1. The van der Waals surface area contributed by atoms with Crippen molar-refractivity contribution >= 4 is 45.7 Å². The van der Waals surface area contributed by atoms with Crippen LogP contribution in [-0.2, 0) is 4.79 Å². The molecule has 5 aromatic rings. The minimum Gasteiger partial charge on any atom is -0.325 e. The summed E-state index contributed by atoms with van der Waals surface area (Å²) in [7, 11) is 0. The van der Waals surface area contributed by atoms with Gasteiger partial charge in [-0.2, -0.15) is 0 Å². The smallest absolute Gasteiger partial charge is 0.255 e. The van der Waals surface area contributed by atoms with Crippen LogP contribution in [0, 0.1) is 6.92 Å². The maximum Gasteiger partial charge on any atom is 0.255 e. The van der Waals surface area contributed by atoms with E-state index in [0.717, 1.165) is 32.5 Å². The summed E-state index contributed by atoms with van der Waals surface area (Å²) in [6.07, 6.45) is 0. The van der Waals surface area contributed by atoms with Crippen molar-refractivity contribution in [2.24, 2.45) is 0 Å². The molecule has 0 aliphatic heterocycles. The van der Waals surface area contributed by atoms with E-state index in [2.05, 4.69) is 10.6 Å². The van der Waals surface area contributed by atoms with Crippen LogP contribution >= 0.6 is 11.8 Å². The number of benzene rings is 5. The Balaban J connectivity index is 1.36. The zero-order valence-corrected chi connectivity index (χ0v) is 21.2. The first kappa shape index (κ1) is 24.3. The minimum absolute atomic E-state index is 0.110. The van der Waals surface area contributed by atoms with Crippen molar-refractivity contribution in [2.75, 3.05) is 10.6 Å². The molecule has 0 heterocycles. The molecule has 2 amide bonds. The van der Waals surface area contributed by atoms with Crippen LogP contribution in [0.1, 0.15) is 26.7 Å². The van der Waals surface area contributed by atoms with Crippen LogP contribution in [0.15, 0.2) is 126 Å². The van der Waals surface area contributed by atoms with Gasteiger partial charge in [-0.25, -0.2) is 0 Å². The number of aryl methyl sites for hydroxylation is 1. The van der Waals surface area contributed by atoms with E-state index in [1.165, 1.54) is 11.8 Å². The molecule has 1 unspecified atom stereocenters. The summed E-state index contributed by atoms with van der Waals surface area (Å²) in [5.41, 5.74) is 3.97. The molecule has 37 heavy (non-hydrogen) atoms. The van der Waals surface area contributed by atoms with E-state index in [4.69, 9.17) is 0 Å². The predicted octanol–water partition coefficient (Wildman–Crippen LogP) is 7.87. The highest BCUT2D eigenvalue weighted by atomic mass is 32.2. The lowest BCUT2D eigenvalue weighted by Gasteiger charge is -2.18. The third-order valence-electron chi connectivity index (χ3n) is 5.98. The second-order valence-corrected chi connectivity index (χ2v) is 9.99. The fourth-order valence-electron chi connectivity index (χ4n) is 4.15. The van der Waals surface area contributed by atoms with Crippen LogP contribution in [-0.4, -0.2) is 11.8 Å². The van der Waals surface area contributed by atoms with E-state index in [9.17, 15) is 9.59 Å². The van der Waals surface area contributed by atoms with Gasteiger partial charge in [0.1, 0.15) is 5.25 Å². The molecule has 0 spiro atoms. The van der Waals surface area contributed by atoms with Gasteiger partial charge in [-0.1, -0.05) is 84.4 Å².